The molecule has 0 saturated heterocycles. The van der Waals surface area contributed by atoms with Gasteiger partial charge in [0.05, 0.1) is 12.8 Å². The number of fused-ring (bicyclic) bond motifs is 1. The summed E-state index contributed by atoms with van der Waals surface area (Å²) >= 11 is 6.15. The maximum Gasteiger partial charge on any atom is 0.314 e. The Balaban J connectivity index is 2.40. The molecule has 0 saturated carbocycles. The predicted molar refractivity (Wildman–Crippen MR) is 65.2 cm³/mol. The van der Waals surface area contributed by atoms with Crippen LogP contribution >= 0.6 is 11.6 Å². The highest BCUT2D eigenvalue weighted by Gasteiger charge is 2.32. The second-order valence-electron chi connectivity index (χ2n) is 4.32. The summed E-state index contributed by atoms with van der Waals surface area (Å²) in [5.41, 5.74) is 0.841. The van der Waals surface area contributed by atoms with Gasteiger partial charge in [-0.15, -0.1) is 0 Å². The third-order valence-electron chi connectivity index (χ3n) is 3.20. The molecule has 1 unspecified atom stereocenters. The van der Waals surface area contributed by atoms with E-state index in [0.29, 0.717) is 5.15 Å². The fourth-order valence-electron chi connectivity index (χ4n) is 2.44. The van der Waals surface area contributed by atoms with E-state index in [1.807, 2.05) is 0 Å². The summed E-state index contributed by atoms with van der Waals surface area (Å²) in [4.78, 5) is 16.1. The lowest BCUT2D eigenvalue weighted by molar-refractivity contribution is -0.143. The first-order valence-corrected chi connectivity index (χ1v) is 6.39. The molecule has 1 aromatic heterocycles. The van der Waals surface area contributed by atoms with Crippen LogP contribution in [0.3, 0.4) is 0 Å². The summed E-state index contributed by atoms with van der Waals surface area (Å²) in [6.07, 6.45) is 3.68. The molecule has 1 atom stereocenters. The van der Waals surface area contributed by atoms with Crippen molar-refractivity contribution in [2.24, 2.45) is 0 Å². The van der Waals surface area contributed by atoms with Crippen molar-refractivity contribution in [2.75, 3.05) is 7.11 Å². The molecule has 0 aliphatic carbocycles. The summed E-state index contributed by atoms with van der Waals surface area (Å²) in [6.45, 7) is 3.01. The van der Waals surface area contributed by atoms with E-state index >= 15 is 0 Å². The molecule has 17 heavy (non-hydrogen) atoms. The molecule has 94 valence electrons. The van der Waals surface area contributed by atoms with Crippen LogP contribution in [0, 0.1) is 0 Å². The predicted octanol–water partition coefficient (Wildman–Crippen LogP) is 2.54. The zero-order chi connectivity index (χ0) is 12.4. The second-order valence-corrected chi connectivity index (χ2v) is 4.68. The lowest BCUT2D eigenvalue weighted by atomic mass is 9.96. The summed E-state index contributed by atoms with van der Waals surface area (Å²) in [5.74, 6) is 0.524. The van der Waals surface area contributed by atoms with Crippen molar-refractivity contribution in [3.63, 3.8) is 0 Å². The Labute approximate surface area is 106 Å². The van der Waals surface area contributed by atoms with Crippen LogP contribution in [0.2, 0.25) is 5.15 Å². The lowest BCUT2D eigenvalue weighted by Crippen LogP contribution is -2.24. The summed E-state index contributed by atoms with van der Waals surface area (Å²) < 4.78 is 6.93. The van der Waals surface area contributed by atoms with E-state index in [1.165, 1.54) is 7.11 Å². The molecule has 0 bridgehead atoms. The third kappa shape index (κ3) is 2.18. The van der Waals surface area contributed by atoms with Gasteiger partial charge in [0.1, 0.15) is 11.7 Å². The topological polar surface area (TPSA) is 44.1 Å². The number of hydrogen-bond acceptors (Lipinski definition) is 3. The second kappa shape index (κ2) is 5.08. The number of hydrogen-bond donors (Lipinski definition) is 0. The number of rotatable bonds is 3. The maximum atomic E-state index is 11.7. The summed E-state index contributed by atoms with van der Waals surface area (Å²) in [6, 6.07) is 0. The lowest BCUT2D eigenvalue weighted by Gasteiger charge is -2.23. The Morgan fingerprint density at radius 2 is 2.41 bits per heavy atom. The van der Waals surface area contributed by atoms with E-state index in [4.69, 9.17) is 16.3 Å². The van der Waals surface area contributed by atoms with Crippen LogP contribution in [0.25, 0.3) is 0 Å². The number of aryl methyl sites for hydroxylation is 1. The minimum Gasteiger partial charge on any atom is -0.469 e. The molecule has 4 nitrogen and oxygen atoms in total. The average Bonchev–Trinajstić information content (AvgIpc) is 2.66. The number of nitrogens with zero attached hydrogens (tertiary/aromatic N) is 2. The van der Waals surface area contributed by atoms with E-state index in [2.05, 4.69) is 16.5 Å². The molecular weight excluding hydrogens is 240 g/mol. The summed E-state index contributed by atoms with van der Waals surface area (Å²) in [7, 11) is 1.42. The molecule has 2 rings (SSSR count). The molecular formula is C12H17ClN2O2. The number of esters is 1. The molecule has 0 spiro atoms. The number of imidazole rings is 1. The molecule has 0 aromatic carbocycles. The molecule has 0 amide bonds. The minimum atomic E-state index is -0.251. The van der Waals surface area contributed by atoms with Gasteiger partial charge in [0.25, 0.3) is 0 Å². The molecule has 1 aliphatic rings. The van der Waals surface area contributed by atoms with Crippen molar-refractivity contribution in [1.29, 1.82) is 0 Å². The zero-order valence-corrected chi connectivity index (χ0v) is 11.0. The number of ether oxygens (including phenoxy) is 1. The quantitative estimate of drug-likeness (QED) is 0.781. The fourth-order valence-corrected chi connectivity index (χ4v) is 2.77. The normalized spacial score (nSPS) is 18.9. The van der Waals surface area contributed by atoms with Crippen LogP contribution in [0.4, 0.5) is 0 Å². The Hall–Kier alpha value is -1.03. The van der Waals surface area contributed by atoms with Gasteiger partial charge in [0, 0.05) is 13.0 Å². The SMILES string of the molecule is CCCc1nc(Cl)c2n1CCCC2C(=O)OC. The molecule has 0 fully saturated rings. The summed E-state index contributed by atoms with van der Waals surface area (Å²) in [5, 5.41) is 0.462. The highest BCUT2D eigenvalue weighted by molar-refractivity contribution is 6.30. The number of methoxy groups -OCH3 is 1. The van der Waals surface area contributed by atoms with Crippen LogP contribution in [-0.4, -0.2) is 22.6 Å². The molecule has 2 heterocycles. The first-order valence-electron chi connectivity index (χ1n) is 6.01. The third-order valence-corrected chi connectivity index (χ3v) is 3.48. The van der Waals surface area contributed by atoms with Crippen LogP contribution in [0.15, 0.2) is 0 Å². The Morgan fingerprint density at radius 3 is 3.06 bits per heavy atom. The van der Waals surface area contributed by atoms with Gasteiger partial charge in [0.15, 0.2) is 5.15 Å². The van der Waals surface area contributed by atoms with E-state index in [-0.39, 0.29) is 11.9 Å². The van der Waals surface area contributed by atoms with E-state index in [0.717, 1.165) is 43.7 Å². The van der Waals surface area contributed by atoms with Gasteiger partial charge in [0.2, 0.25) is 0 Å². The number of halogens is 1. The number of aromatic nitrogens is 2. The average molecular weight is 257 g/mol. The maximum absolute atomic E-state index is 11.7. The van der Waals surface area contributed by atoms with Crippen LogP contribution in [-0.2, 0) is 22.5 Å². The molecule has 0 radical (unpaired) electrons. The molecule has 1 aromatic rings. The van der Waals surface area contributed by atoms with Crippen LogP contribution in [0.5, 0.6) is 0 Å². The Bertz CT molecular complexity index is 428. The number of carbonyl (C=O) groups excluding carboxylic acids is 1. The standard InChI is InChI=1S/C12H17ClN2O2/c1-3-5-9-14-11(13)10-8(12(16)17-2)6-4-7-15(9)10/h8H,3-7H2,1-2H3. The van der Waals surface area contributed by atoms with Crippen LogP contribution < -0.4 is 0 Å². The molecule has 0 N–H and O–H groups in total. The van der Waals surface area contributed by atoms with Gasteiger partial charge in [-0.25, -0.2) is 4.98 Å². The van der Waals surface area contributed by atoms with Gasteiger partial charge in [-0.1, -0.05) is 18.5 Å². The van der Waals surface area contributed by atoms with Gasteiger partial charge < -0.3 is 9.30 Å². The van der Waals surface area contributed by atoms with Gasteiger partial charge >= 0.3 is 5.97 Å². The minimum absolute atomic E-state index is 0.212. The van der Waals surface area contributed by atoms with Crippen molar-refractivity contribution < 1.29 is 9.53 Å². The zero-order valence-electron chi connectivity index (χ0n) is 10.2. The molecule has 5 heteroatoms. The van der Waals surface area contributed by atoms with E-state index in [9.17, 15) is 4.79 Å². The van der Waals surface area contributed by atoms with Crippen molar-refractivity contribution in [3.8, 4) is 0 Å². The monoisotopic (exact) mass is 256 g/mol. The molecule has 1 aliphatic heterocycles. The van der Waals surface area contributed by atoms with Gasteiger partial charge in [-0.05, 0) is 19.3 Å². The smallest absolute Gasteiger partial charge is 0.314 e. The van der Waals surface area contributed by atoms with Crippen LogP contribution in [0.1, 0.15) is 43.6 Å². The fraction of sp³-hybridized carbons (Fsp3) is 0.667. The largest absolute Gasteiger partial charge is 0.469 e. The Kier molecular flexibility index (Phi) is 3.72. The van der Waals surface area contributed by atoms with Gasteiger partial charge in [-0.2, -0.15) is 0 Å². The first kappa shape index (κ1) is 12.4. The van der Waals surface area contributed by atoms with Crippen molar-refractivity contribution in [1.82, 2.24) is 9.55 Å². The van der Waals surface area contributed by atoms with Crippen molar-refractivity contribution in [2.45, 2.75) is 45.1 Å². The number of carbonyl (C=O) groups is 1. The van der Waals surface area contributed by atoms with E-state index < -0.39 is 0 Å². The van der Waals surface area contributed by atoms with Crippen molar-refractivity contribution >= 4 is 17.6 Å². The highest BCUT2D eigenvalue weighted by atomic mass is 35.5. The Morgan fingerprint density at radius 1 is 1.65 bits per heavy atom. The van der Waals surface area contributed by atoms with Crippen molar-refractivity contribution in [3.05, 3.63) is 16.7 Å². The highest BCUT2D eigenvalue weighted by Crippen LogP contribution is 2.34. The first-order chi connectivity index (χ1) is 8.19. The van der Waals surface area contributed by atoms with E-state index in [1.54, 1.807) is 0 Å². The van der Waals surface area contributed by atoms with Gasteiger partial charge in [-0.3, -0.25) is 4.79 Å².